The zero-order valence-electron chi connectivity index (χ0n) is 13.6. The van der Waals surface area contributed by atoms with Gasteiger partial charge in [-0.05, 0) is 36.8 Å². The van der Waals surface area contributed by atoms with Crippen LogP contribution in [0.15, 0.2) is 54.1 Å². The van der Waals surface area contributed by atoms with Gasteiger partial charge < -0.3 is 0 Å². The van der Waals surface area contributed by atoms with Crippen LogP contribution in [-0.4, -0.2) is 18.2 Å². The van der Waals surface area contributed by atoms with Gasteiger partial charge in [0.1, 0.15) is 6.10 Å². The Bertz CT molecular complexity index is 490. The fourth-order valence-electron chi connectivity index (χ4n) is 2.98. The van der Waals surface area contributed by atoms with E-state index >= 15 is 0 Å². The minimum atomic E-state index is 0.0940. The summed E-state index contributed by atoms with van der Waals surface area (Å²) in [5.41, 5.74) is 2.58. The standard InChI is InChI=1S/C19H27NO/c1-15(2)19(18-13-9-6-10-14-18)20(4)21-16(3)17-11-7-5-8-12-17/h6-7,9-16,19H,5,8H2,1-4H3. The van der Waals surface area contributed by atoms with E-state index in [0.717, 1.165) is 12.8 Å². The van der Waals surface area contributed by atoms with Crippen LogP contribution < -0.4 is 0 Å². The molecule has 0 amide bonds. The lowest BCUT2D eigenvalue weighted by Gasteiger charge is -2.33. The summed E-state index contributed by atoms with van der Waals surface area (Å²) in [6, 6.07) is 10.9. The highest BCUT2D eigenvalue weighted by molar-refractivity contribution is 5.25. The van der Waals surface area contributed by atoms with Crippen LogP contribution in [-0.2, 0) is 4.84 Å². The molecule has 0 saturated carbocycles. The number of hydrogen-bond acceptors (Lipinski definition) is 2. The van der Waals surface area contributed by atoms with Crippen LogP contribution in [0.25, 0.3) is 0 Å². The molecule has 0 aliphatic heterocycles. The summed E-state index contributed by atoms with van der Waals surface area (Å²) in [5, 5.41) is 2.02. The molecule has 2 atom stereocenters. The summed E-state index contributed by atoms with van der Waals surface area (Å²) in [7, 11) is 2.04. The van der Waals surface area contributed by atoms with Crippen molar-refractivity contribution in [3.8, 4) is 0 Å². The minimum Gasteiger partial charge on any atom is -0.291 e. The lowest BCUT2D eigenvalue weighted by molar-refractivity contribution is -0.199. The van der Waals surface area contributed by atoms with Gasteiger partial charge in [0.2, 0.25) is 0 Å². The van der Waals surface area contributed by atoms with Crippen LogP contribution in [0.2, 0.25) is 0 Å². The van der Waals surface area contributed by atoms with Crippen molar-refractivity contribution in [3.63, 3.8) is 0 Å². The molecule has 21 heavy (non-hydrogen) atoms. The molecule has 0 bridgehead atoms. The molecule has 0 fully saturated rings. The molecule has 2 nitrogen and oxygen atoms in total. The maximum Gasteiger partial charge on any atom is 0.101 e. The van der Waals surface area contributed by atoms with Gasteiger partial charge in [-0.3, -0.25) is 4.84 Å². The maximum atomic E-state index is 6.18. The largest absolute Gasteiger partial charge is 0.291 e. The molecule has 1 aromatic carbocycles. The SMILES string of the molecule is CC(ON(C)C(c1ccccc1)C(C)C)C1=CCCC=C1. The van der Waals surface area contributed by atoms with Gasteiger partial charge in [0.15, 0.2) is 0 Å². The van der Waals surface area contributed by atoms with Gasteiger partial charge in [-0.25, -0.2) is 0 Å². The molecular formula is C19H27NO. The third-order valence-electron chi connectivity index (χ3n) is 3.98. The summed E-state index contributed by atoms with van der Waals surface area (Å²) >= 11 is 0. The predicted octanol–water partition coefficient (Wildman–Crippen LogP) is 4.91. The van der Waals surface area contributed by atoms with Crippen molar-refractivity contribution in [3.05, 3.63) is 59.7 Å². The monoisotopic (exact) mass is 285 g/mol. The fourth-order valence-corrected chi connectivity index (χ4v) is 2.98. The van der Waals surface area contributed by atoms with Gasteiger partial charge in [-0.15, -0.1) is 0 Å². The zero-order valence-corrected chi connectivity index (χ0v) is 13.6. The van der Waals surface area contributed by atoms with Crippen LogP contribution >= 0.6 is 0 Å². The highest BCUT2D eigenvalue weighted by Gasteiger charge is 2.23. The predicted molar refractivity (Wildman–Crippen MR) is 88.8 cm³/mol. The molecule has 0 radical (unpaired) electrons. The van der Waals surface area contributed by atoms with Crippen molar-refractivity contribution in [1.29, 1.82) is 0 Å². The maximum absolute atomic E-state index is 6.18. The molecule has 114 valence electrons. The average Bonchev–Trinajstić information content (AvgIpc) is 2.49. The lowest BCUT2D eigenvalue weighted by Crippen LogP contribution is -2.32. The molecule has 0 saturated heterocycles. The fraction of sp³-hybridized carbons (Fsp3) is 0.474. The number of nitrogens with zero attached hydrogens (tertiary/aromatic N) is 1. The minimum absolute atomic E-state index is 0.0940. The number of allylic oxidation sites excluding steroid dienone is 2. The summed E-state index contributed by atoms with van der Waals surface area (Å²) in [5.74, 6) is 0.487. The highest BCUT2D eigenvalue weighted by Crippen LogP contribution is 2.29. The van der Waals surface area contributed by atoms with Crippen molar-refractivity contribution in [1.82, 2.24) is 5.06 Å². The first kappa shape index (κ1) is 16.0. The number of hydrogen-bond donors (Lipinski definition) is 0. The Morgan fingerprint density at radius 2 is 1.76 bits per heavy atom. The van der Waals surface area contributed by atoms with Gasteiger partial charge in [-0.2, -0.15) is 5.06 Å². The van der Waals surface area contributed by atoms with Gasteiger partial charge in [0.05, 0.1) is 6.04 Å². The number of rotatable bonds is 6. The van der Waals surface area contributed by atoms with Crippen molar-refractivity contribution in [2.75, 3.05) is 7.05 Å². The Kier molecular flexibility index (Phi) is 5.77. The van der Waals surface area contributed by atoms with Crippen LogP contribution in [0.5, 0.6) is 0 Å². The van der Waals surface area contributed by atoms with Crippen LogP contribution in [0.3, 0.4) is 0 Å². The normalized spacial score (nSPS) is 17.9. The zero-order chi connectivity index (χ0) is 15.2. The first-order valence-corrected chi connectivity index (χ1v) is 7.90. The van der Waals surface area contributed by atoms with E-state index in [2.05, 4.69) is 69.3 Å². The smallest absolute Gasteiger partial charge is 0.101 e. The number of benzene rings is 1. The van der Waals surface area contributed by atoms with E-state index in [9.17, 15) is 0 Å². The van der Waals surface area contributed by atoms with Gasteiger partial charge in [0.25, 0.3) is 0 Å². The first-order valence-electron chi connectivity index (χ1n) is 7.90. The summed E-state index contributed by atoms with van der Waals surface area (Å²) in [6.07, 6.45) is 9.06. The third kappa shape index (κ3) is 4.29. The summed E-state index contributed by atoms with van der Waals surface area (Å²) in [4.78, 5) is 6.18. The molecule has 1 aliphatic carbocycles. The van der Waals surface area contributed by atoms with Gasteiger partial charge >= 0.3 is 0 Å². The quantitative estimate of drug-likeness (QED) is 0.688. The Balaban J connectivity index is 2.07. The van der Waals surface area contributed by atoms with Crippen molar-refractivity contribution in [2.24, 2.45) is 5.92 Å². The van der Waals surface area contributed by atoms with Crippen LogP contribution in [0.1, 0.15) is 45.2 Å². The second-order valence-electron chi connectivity index (χ2n) is 6.08. The van der Waals surface area contributed by atoms with E-state index < -0.39 is 0 Å². The molecule has 1 aromatic rings. The summed E-state index contributed by atoms with van der Waals surface area (Å²) in [6.45, 7) is 6.60. The van der Waals surface area contributed by atoms with Crippen molar-refractivity contribution < 1.29 is 4.84 Å². The molecule has 2 unspecified atom stereocenters. The molecule has 1 aliphatic rings. The van der Waals surface area contributed by atoms with E-state index in [1.807, 2.05) is 12.1 Å². The van der Waals surface area contributed by atoms with Crippen LogP contribution in [0, 0.1) is 5.92 Å². The number of hydroxylamine groups is 2. The van der Waals surface area contributed by atoms with Gasteiger partial charge in [0, 0.05) is 7.05 Å². The molecule has 0 N–H and O–H groups in total. The first-order chi connectivity index (χ1) is 10.1. The second-order valence-corrected chi connectivity index (χ2v) is 6.08. The summed E-state index contributed by atoms with van der Waals surface area (Å²) < 4.78 is 0. The van der Waals surface area contributed by atoms with Gasteiger partial charge in [-0.1, -0.05) is 62.4 Å². The molecule has 2 heteroatoms. The Labute approximate surface area is 129 Å². The average molecular weight is 285 g/mol. The Morgan fingerprint density at radius 3 is 2.33 bits per heavy atom. The Morgan fingerprint density at radius 1 is 1.05 bits per heavy atom. The van der Waals surface area contributed by atoms with E-state index in [4.69, 9.17) is 4.84 Å². The highest BCUT2D eigenvalue weighted by atomic mass is 16.7. The lowest BCUT2D eigenvalue weighted by atomic mass is 9.96. The van der Waals surface area contributed by atoms with E-state index in [1.54, 1.807) is 0 Å². The Hall–Kier alpha value is -1.38. The van der Waals surface area contributed by atoms with Crippen molar-refractivity contribution in [2.45, 2.75) is 45.8 Å². The van der Waals surface area contributed by atoms with E-state index in [-0.39, 0.29) is 12.1 Å². The third-order valence-corrected chi connectivity index (χ3v) is 3.98. The van der Waals surface area contributed by atoms with E-state index in [1.165, 1.54) is 11.1 Å². The van der Waals surface area contributed by atoms with Crippen molar-refractivity contribution >= 4 is 0 Å². The molecule has 0 aromatic heterocycles. The molecule has 2 rings (SSSR count). The second kappa shape index (κ2) is 7.58. The molecular weight excluding hydrogens is 258 g/mol. The molecule has 0 heterocycles. The van der Waals surface area contributed by atoms with E-state index in [0.29, 0.717) is 5.92 Å². The van der Waals surface area contributed by atoms with Crippen LogP contribution in [0.4, 0.5) is 0 Å². The topological polar surface area (TPSA) is 12.5 Å². The molecule has 0 spiro atoms.